The smallest absolute Gasteiger partial charge is 0.323 e. The molecule has 98 valence electrons. The molecule has 1 aliphatic rings. The van der Waals surface area contributed by atoms with Crippen LogP contribution in [0.2, 0.25) is 0 Å². The Morgan fingerprint density at radius 2 is 1.83 bits per heavy atom. The van der Waals surface area contributed by atoms with Crippen molar-refractivity contribution in [3.63, 3.8) is 0 Å². The second-order valence-corrected chi connectivity index (χ2v) is 5.34. The third-order valence-electron chi connectivity index (χ3n) is 3.47. The van der Waals surface area contributed by atoms with E-state index >= 15 is 0 Å². The van der Waals surface area contributed by atoms with E-state index in [2.05, 4.69) is 43.0 Å². The number of ether oxygens (including phenoxy) is 1. The lowest BCUT2D eigenvalue weighted by molar-refractivity contribution is -0.148. The number of benzene rings is 1. The van der Waals surface area contributed by atoms with Crippen LogP contribution in [-0.4, -0.2) is 24.0 Å². The molecule has 3 heteroatoms. The minimum absolute atomic E-state index is 0.114. The van der Waals surface area contributed by atoms with Gasteiger partial charge in [-0.05, 0) is 23.5 Å². The topological polar surface area (TPSA) is 29.5 Å². The molecule has 0 unspecified atom stereocenters. The number of hydrogen-bond acceptors (Lipinski definition) is 3. The minimum Gasteiger partial charge on any atom is -0.468 e. The summed E-state index contributed by atoms with van der Waals surface area (Å²) >= 11 is 0. The van der Waals surface area contributed by atoms with Gasteiger partial charge in [0.15, 0.2) is 0 Å². The number of fused-ring (bicyclic) bond motifs is 1. The van der Waals surface area contributed by atoms with E-state index in [1.54, 1.807) is 0 Å². The van der Waals surface area contributed by atoms with Gasteiger partial charge in [-0.15, -0.1) is 0 Å². The van der Waals surface area contributed by atoms with Crippen LogP contribution in [0.3, 0.4) is 0 Å². The molecule has 0 saturated heterocycles. The molecular weight excluding hydrogens is 226 g/mol. The zero-order valence-corrected chi connectivity index (χ0v) is 11.3. The zero-order valence-electron chi connectivity index (χ0n) is 11.3. The third kappa shape index (κ3) is 2.72. The second kappa shape index (κ2) is 5.53. The van der Waals surface area contributed by atoms with Crippen molar-refractivity contribution in [1.29, 1.82) is 0 Å². The predicted molar refractivity (Wildman–Crippen MR) is 70.9 cm³/mol. The summed E-state index contributed by atoms with van der Waals surface area (Å²) < 4.78 is 4.94. The van der Waals surface area contributed by atoms with E-state index in [1.807, 2.05) is 0 Å². The summed E-state index contributed by atoms with van der Waals surface area (Å²) in [6.07, 6.45) is 0.848. The van der Waals surface area contributed by atoms with Crippen LogP contribution in [0.25, 0.3) is 0 Å². The summed E-state index contributed by atoms with van der Waals surface area (Å²) in [5, 5.41) is 0. The van der Waals surface area contributed by atoms with E-state index < -0.39 is 0 Å². The van der Waals surface area contributed by atoms with Gasteiger partial charge in [-0.1, -0.05) is 38.1 Å². The van der Waals surface area contributed by atoms with Crippen molar-refractivity contribution in [2.45, 2.75) is 39.4 Å². The molecule has 0 radical (unpaired) electrons. The van der Waals surface area contributed by atoms with Crippen LogP contribution in [0.15, 0.2) is 24.3 Å². The summed E-state index contributed by atoms with van der Waals surface area (Å²) in [5.74, 6) is 0.370. The lowest BCUT2D eigenvalue weighted by atomic mass is 10.0. The van der Waals surface area contributed by atoms with Crippen LogP contribution in [-0.2, 0) is 22.6 Å². The Hall–Kier alpha value is -1.35. The summed E-state index contributed by atoms with van der Waals surface area (Å²) in [4.78, 5) is 14.1. The van der Waals surface area contributed by atoms with Gasteiger partial charge in [0.05, 0.1) is 7.11 Å². The molecule has 18 heavy (non-hydrogen) atoms. The summed E-state index contributed by atoms with van der Waals surface area (Å²) in [6.45, 7) is 5.98. The zero-order chi connectivity index (χ0) is 13.1. The SMILES string of the molecule is COC(=O)[C@H](CC(C)C)N1Cc2ccccc2C1. The maximum Gasteiger partial charge on any atom is 0.323 e. The first-order valence-electron chi connectivity index (χ1n) is 6.50. The van der Waals surface area contributed by atoms with Crippen molar-refractivity contribution in [3.8, 4) is 0 Å². The average molecular weight is 247 g/mol. The Balaban J connectivity index is 2.12. The molecule has 1 aromatic rings. The molecule has 3 nitrogen and oxygen atoms in total. The highest BCUT2D eigenvalue weighted by Gasteiger charge is 2.31. The molecule has 0 N–H and O–H groups in total. The molecule has 0 amide bonds. The van der Waals surface area contributed by atoms with Gasteiger partial charge in [0.1, 0.15) is 6.04 Å². The quantitative estimate of drug-likeness (QED) is 0.766. The van der Waals surface area contributed by atoms with Crippen LogP contribution in [0.4, 0.5) is 0 Å². The summed E-state index contributed by atoms with van der Waals surface area (Å²) in [6, 6.07) is 8.26. The number of methoxy groups -OCH3 is 1. The third-order valence-corrected chi connectivity index (χ3v) is 3.47. The standard InChI is InChI=1S/C15H21NO2/c1-11(2)8-14(15(17)18-3)16-9-12-6-4-5-7-13(12)10-16/h4-7,11,14H,8-10H2,1-3H3/t14-/m0/s1. The molecule has 1 atom stereocenters. The van der Waals surface area contributed by atoms with Gasteiger partial charge in [0.2, 0.25) is 0 Å². The van der Waals surface area contributed by atoms with Gasteiger partial charge in [0, 0.05) is 13.1 Å². The van der Waals surface area contributed by atoms with Gasteiger partial charge in [-0.3, -0.25) is 9.69 Å². The number of carbonyl (C=O) groups excluding carboxylic acids is 1. The maximum atomic E-state index is 11.9. The van der Waals surface area contributed by atoms with Crippen molar-refractivity contribution in [2.24, 2.45) is 5.92 Å². The minimum atomic E-state index is -0.123. The molecule has 1 aliphatic heterocycles. The van der Waals surface area contributed by atoms with Crippen LogP contribution in [0.1, 0.15) is 31.4 Å². The molecule has 1 heterocycles. The molecule has 0 saturated carbocycles. The summed E-state index contributed by atoms with van der Waals surface area (Å²) in [5.41, 5.74) is 2.66. The average Bonchev–Trinajstić information content (AvgIpc) is 2.78. The predicted octanol–water partition coefficient (Wildman–Crippen LogP) is 2.59. The number of rotatable bonds is 4. The van der Waals surface area contributed by atoms with Crippen molar-refractivity contribution >= 4 is 5.97 Å². The molecule has 0 bridgehead atoms. The largest absolute Gasteiger partial charge is 0.468 e. The maximum absolute atomic E-state index is 11.9. The molecule has 0 aliphatic carbocycles. The van der Waals surface area contributed by atoms with Gasteiger partial charge in [-0.25, -0.2) is 0 Å². The highest BCUT2D eigenvalue weighted by molar-refractivity contribution is 5.75. The van der Waals surface area contributed by atoms with Crippen molar-refractivity contribution in [1.82, 2.24) is 4.90 Å². The molecule has 0 aromatic heterocycles. The highest BCUT2D eigenvalue weighted by atomic mass is 16.5. The van der Waals surface area contributed by atoms with Gasteiger partial charge >= 0.3 is 5.97 Å². The Labute approximate surface area is 109 Å². The van der Waals surface area contributed by atoms with E-state index in [0.717, 1.165) is 19.5 Å². The second-order valence-electron chi connectivity index (χ2n) is 5.34. The first kappa shape index (κ1) is 13.1. The molecule has 2 rings (SSSR count). The fraction of sp³-hybridized carbons (Fsp3) is 0.533. The first-order valence-corrected chi connectivity index (χ1v) is 6.50. The highest BCUT2D eigenvalue weighted by Crippen LogP contribution is 2.26. The lowest BCUT2D eigenvalue weighted by Crippen LogP contribution is -2.39. The first-order chi connectivity index (χ1) is 8.61. The summed E-state index contributed by atoms with van der Waals surface area (Å²) in [7, 11) is 1.47. The molecule has 0 spiro atoms. The molecular formula is C15H21NO2. The number of hydrogen-bond donors (Lipinski definition) is 0. The lowest BCUT2D eigenvalue weighted by Gasteiger charge is -2.26. The Morgan fingerprint density at radius 3 is 2.28 bits per heavy atom. The normalized spacial score (nSPS) is 16.7. The molecule has 0 fully saturated rings. The van der Waals surface area contributed by atoms with E-state index in [9.17, 15) is 4.79 Å². The van der Waals surface area contributed by atoms with Crippen LogP contribution in [0, 0.1) is 5.92 Å². The van der Waals surface area contributed by atoms with Crippen LogP contribution >= 0.6 is 0 Å². The van der Waals surface area contributed by atoms with Gasteiger partial charge in [-0.2, -0.15) is 0 Å². The number of nitrogens with zero attached hydrogens (tertiary/aromatic N) is 1. The van der Waals surface area contributed by atoms with Gasteiger partial charge < -0.3 is 4.74 Å². The Kier molecular flexibility index (Phi) is 4.02. The number of esters is 1. The fourth-order valence-electron chi connectivity index (χ4n) is 2.56. The Bertz CT molecular complexity index is 403. The van der Waals surface area contributed by atoms with Crippen molar-refractivity contribution in [2.75, 3.05) is 7.11 Å². The fourth-order valence-corrected chi connectivity index (χ4v) is 2.56. The van der Waals surface area contributed by atoms with Crippen molar-refractivity contribution in [3.05, 3.63) is 35.4 Å². The molecule has 1 aromatic carbocycles. The van der Waals surface area contributed by atoms with Gasteiger partial charge in [0.25, 0.3) is 0 Å². The monoisotopic (exact) mass is 247 g/mol. The Morgan fingerprint density at radius 1 is 1.28 bits per heavy atom. The van der Waals surface area contributed by atoms with Crippen LogP contribution in [0.5, 0.6) is 0 Å². The van der Waals surface area contributed by atoms with E-state index in [0.29, 0.717) is 5.92 Å². The number of carbonyl (C=O) groups is 1. The van der Waals surface area contributed by atoms with E-state index in [4.69, 9.17) is 4.74 Å². The van der Waals surface area contributed by atoms with E-state index in [-0.39, 0.29) is 12.0 Å². The van der Waals surface area contributed by atoms with Crippen molar-refractivity contribution < 1.29 is 9.53 Å². The van der Waals surface area contributed by atoms with Crippen LogP contribution < -0.4 is 0 Å². The van der Waals surface area contributed by atoms with E-state index in [1.165, 1.54) is 18.2 Å².